The van der Waals surface area contributed by atoms with Crippen LogP contribution >= 0.6 is 0 Å². The van der Waals surface area contributed by atoms with Crippen molar-refractivity contribution in [2.24, 2.45) is 0 Å². The van der Waals surface area contributed by atoms with Gasteiger partial charge in [0.15, 0.2) is 11.6 Å². The van der Waals surface area contributed by atoms with E-state index in [0.717, 1.165) is 21.9 Å². The average Bonchev–Trinajstić information content (AvgIpc) is 3.04. The second-order valence-electron chi connectivity index (χ2n) is 5.49. The van der Waals surface area contributed by atoms with Crippen LogP contribution in [-0.2, 0) is 0 Å². The van der Waals surface area contributed by atoms with Gasteiger partial charge in [0.1, 0.15) is 11.9 Å². The van der Waals surface area contributed by atoms with Gasteiger partial charge in [-0.05, 0) is 18.6 Å². The minimum absolute atomic E-state index is 0.0251. The Kier molecular flexibility index (Phi) is 3.70. The second-order valence-corrected chi connectivity index (χ2v) is 5.49. The number of amides is 2. The summed E-state index contributed by atoms with van der Waals surface area (Å²) in [5.41, 5.74) is 0. The van der Waals surface area contributed by atoms with E-state index >= 15 is 0 Å². The first-order chi connectivity index (χ1) is 10.9. The number of likely N-dealkylation sites (tertiary alicyclic amines) is 2. The van der Waals surface area contributed by atoms with Crippen LogP contribution < -0.4 is 4.74 Å². The van der Waals surface area contributed by atoms with Crippen molar-refractivity contribution in [3.63, 3.8) is 0 Å². The molecule has 124 valence electrons. The van der Waals surface area contributed by atoms with Crippen LogP contribution in [0.5, 0.6) is 5.75 Å². The minimum atomic E-state index is -1.16. The third-order valence-electron chi connectivity index (χ3n) is 4.25. The molecule has 3 atom stereocenters. The van der Waals surface area contributed by atoms with Gasteiger partial charge in [-0.3, -0.25) is 9.80 Å². The molecule has 2 N–H and O–H groups in total. The molecule has 3 rings (SSSR count). The first-order valence-electron chi connectivity index (χ1n) is 6.99. The molecule has 2 aliphatic heterocycles. The molecule has 3 unspecified atom stereocenters. The van der Waals surface area contributed by atoms with Gasteiger partial charge in [-0.15, -0.1) is 0 Å². The maximum atomic E-state index is 13.3. The van der Waals surface area contributed by atoms with E-state index in [4.69, 9.17) is 4.74 Å². The molecular formula is C14H14F2N2O5. The predicted octanol–water partition coefficient (Wildman–Crippen LogP) is 1.83. The minimum Gasteiger partial charge on any atom is -0.486 e. The summed E-state index contributed by atoms with van der Waals surface area (Å²) in [5, 5.41) is 18.5. The van der Waals surface area contributed by atoms with E-state index in [1.54, 1.807) is 0 Å². The van der Waals surface area contributed by atoms with E-state index in [1.807, 2.05) is 0 Å². The summed E-state index contributed by atoms with van der Waals surface area (Å²) in [4.78, 5) is 24.9. The Labute approximate surface area is 129 Å². The number of rotatable bonds is 2. The molecule has 0 bridgehead atoms. The van der Waals surface area contributed by atoms with Crippen molar-refractivity contribution < 1.29 is 33.3 Å². The standard InChI is InChI=1S/C14H14F2N2O5/c15-8-2-1-7(5-9(8)16)23-11-6-18(14(21)22)10-3-4-17(12(10)11)13(19)20/h1-2,5,10-12H,3-4,6H2,(H,19,20)(H,21,22). The fourth-order valence-electron chi connectivity index (χ4n) is 3.30. The first kappa shape index (κ1) is 15.3. The maximum Gasteiger partial charge on any atom is 0.407 e. The second kappa shape index (κ2) is 5.56. The topological polar surface area (TPSA) is 90.3 Å². The molecule has 0 aliphatic carbocycles. The zero-order valence-corrected chi connectivity index (χ0v) is 11.9. The molecule has 0 radical (unpaired) electrons. The summed E-state index contributed by atoms with van der Waals surface area (Å²) in [5.74, 6) is -2.09. The summed E-state index contributed by atoms with van der Waals surface area (Å²) in [6.07, 6.45) is -2.73. The van der Waals surface area contributed by atoms with E-state index in [-0.39, 0.29) is 18.8 Å². The average molecular weight is 328 g/mol. The van der Waals surface area contributed by atoms with Crippen LogP contribution in [0.25, 0.3) is 0 Å². The Morgan fingerprint density at radius 3 is 2.43 bits per heavy atom. The third kappa shape index (κ3) is 2.62. The first-order valence-corrected chi connectivity index (χ1v) is 6.99. The quantitative estimate of drug-likeness (QED) is 0.864. The van der Waals surface area contributed by atoms with Gasteiger partial charge in [0.2, 0.25) is 0 Å². The van der Waals surface area contributed by atoms with Crippen LogP contribution in [-0.4, -0.2) is 63.5 Å². The van der Waals surface area contributed by atoms with Gasteiger partial charge < -0.3 is 14.9 Å². The number of halogens is 2. The van der Waals surface area contributed by atoms with Crippen LogP contribution in [0.3, 0.4) is 0 Å². The number of benzene rings is 1. The molecule has 1 aromatic carbocycles. The van der Waals surface area contributed by atoms with E-state index in [2.05, 4.69) is 0 Å². The number of carboxylic acid groups (broad SMARTS) is 2. The van der Waals surface area contributed by atoms with Crippen molar-refractivity contribution in [3.05, 3.63) is 29.8 Å². The van der Waals surface area contributed by atoms with Gasteiger partial charge in [-0.25, -0.2) is 18.4 Å². The predicted molar refractivity (Wildman–Crippen MR) is 72.4 cm³/mol. The zero-order valence-electron chi connectivity index (χ0n) is 11.9. The number of hydrogen-bond donors (Lipinski definition) is 2. The van der Waals surface area contributed by atoms with E-state index in [9.17, 15) is 28.6 Å². The molecule has 0 spiro atoms. The van der Waals surface area contributed by atoms with Crippen molar-refractivity contribution in [2.45, 2.75) is 24.6 Å². The number of carbonyl (C=O) groups is 2. The van der Waals surface area contributed by atoms with Crippen molar-refractivity contribution in [1.29, 1.82) is 0 Å². The van der Waals surface area contributed by atoms with Crippen LogP contribution in [0.4, 0.5) is 18.4 Å². The van der Waals surface area contributed by atoms with Gasteiger partial charge in [-0.2, -0.15) is 0 Å². The lowest BCUT2D eigenvalue weighted by molar-refractivity contribution is 0.0979. The Balaban J connectivity index is 1.85. The molecule has 2 saturated heterocycles. The molecule has 2 amide bonds. The molecule has 9 heteroatoms. The highest BCUT2D eigenvalue weighted by molar-refractivity contribution is 5.69. The van der Waals surface area contributed by atoms with Gasteiger partial charge >= 0.3 is 12.2 Å². The fourth-order valence-corrected chi connectivity index (χ4v) is 3.30. The third-order valence-corrected chi connectivity index (χ3v) is 4.25. The lowest BCUT2D eigenvalue weighted by atomic mass is 10.1. The largest absolute Gasteiger partial charge is 0.486 e. The van der Waals surface area contributed by atoms with Gasteiger partial charge in [0, 0.05) is 12.6 Å². The lowest BCUT2D eigenvalue weighted by Crippen LogP contribution is -2.46. The molecular weight excluding hydrogens is 314 g/mol. The summed E-state index contributed by atoms with van der Waals surface area (Å²) in [7, 11) is 0. The molecule has 2 fully saturated rings. The van der Waals surface area contributed by atoms with Gasteiger partial charge in [0.05, 0.1) is 18.6 Å². The van der Waals surface area contributed by atoms with Crippen LogP contribution in [0.2, 0.25) is 0 Å². The highest BCUT2D eigenvalue weighted by atomic mass is 19.2. The maximum absolute atomic E-state index is 13.3. The van der Waals surface area contributed by atoms with Crippen LogP contribution in [0.1, 0.15) is 6.42 Å². The normalized spacial score (nSPS) is 26.3. The van der Waals surface area contributed by atoms with Crippen molar-refractivity contribution in [1.82, 2.24) is 9.80 Å². The molecule has 23 heavy (non-hydrogen) atoms. The smallest absolute Gasteiger partial charge is 0.407 e. The molecule has 2 aliphatic rings. The number of hydrogen-bond acceptors (Lipinski definition) is 3. The summed E-state index contributed by atoms with van der Waals surface area (Å²) >= 11 is 0. The molecule has 0 saturated carbocycles. The highest BCUT2D eigenvalue weighted by Gasteiger charge is 2.53. The van der Waals surface area contributed by atoms with Crippen LogP contribution in [0, 0.1) is 11.6 Å². The molecule has 2 heterocycles. The highest BCUT2D eigenvalue weighted by Crippen LogP contribution is 2.34. The zero-order chi connectivity index (χ0) is 16.7. The fraction of sp³-hybridized carbons (Fsp3) is 0.429. The Morgan fingerprint density at radius 2 is 1.83 bits per heavy atom. The molecule has 7 nitrogen and oxygen atoms in total. The van der Waals surface area contributed by atoms with Crippen molar-refractivity contribution in [3.8, 4) is 5.75 Å². The lowest BCUT2D eigenvalue weighted by Gasteiger charge is -2.26. The van der Waals surface area contributed by atoms with Crippen molar-refractivity contribution in [2.75, 3.05) is 13.1 Å². The number of nitrogens with zero attached hydrogens (tertiary/aromatic N) is 2. The SMILES string of the molecule is O=C(O)N1CC(Oc2ccc(F)c(F)c2)C2C1CCN2C(=O)O. The van der Waals surface area contributed by atoms with Gasteiger partial charge in [0.25, 0.3) is 0 Å². The summed E-state index contributed by atoms with van der Waals surface area (Å²) in [6.45, 7) is 0.166. The summed E-state index contributed by atoms with van der Waals surface area (Å²) in [6, 6.07) is 1.80. The summed E-state index contributed by atoms with van der Waals surface area (Å²) < 4.78 is 31.8. The Bertz CT molecular complexity index is 644. The van der Waals surface area contributed by atoms with Gasteiger partial charge in [-0.1, -0.05) is 0 Å². The Hall–Kier alpha value is -2.58. The van der Waals surface area contributed by atoms with E-state index in [1.165, 1.54) is 6.07 Å². The van der Waals surface area contributed by atoms with Crippen LogP contribution in [0.15, 0.2) is 18.2 Å². The molecule has 1 aromatic rings. The monoisotopic (exact) mass is 328 g/mol. The van der Waals surface area contributed by atoms with E-state index < -0.39 is 42.0 Å². The van der Waals surface area contributed by atoms with E-state index in [0.29, 0.717) is 6.42 Å². The Morgan fingerprint density at radius 1 is 1.13 bits per heavy atom. The number of ether oxygens (including phenoxy) is 1. The number of fused-ring (bicyclic) bond motifs is 1. The molecule has 0 aromatic heterocycles. The van der Waals surface area contributed by atoms with Crippen molar-refractivity contribution >= 4 is 12.2 Å².